The lowest BCUT2D eigenvalue weighted by Gasteiger charge is -2.09. The van der Waals surface area contributed by atoms with Crippen LogP contribution in [0.5, 0.6) is 0 Å². The van der Waals surface area contributed by atoms with Crippen LogP contribution in [0.2, 0.25) is 0 Å². The normalized spacial score (nSPS) is 9.95. The van der Waals surface area contributed by atoms with Crippen molar-refractivity contribution in [2.45, 2.75) is 20.1 Å². The van der Waals surface area contributed by atoms with Crippen molar-refractivity contribution in [3.8, 4) is 6.07 Å². The maximum absolute atomic E-state index is 9.11. The second-order valence-electron chi connectivity index (χ2n) is 4.29. The van der Waals surface area contributed by atoms with Crippen molar-refractivity contribution in [1.82, 2.24) is 4.98 Å². The molecule has 19 heavy (non-hydrogen) atoms. The molecule has 0 bridgehead atoms. The summed E-state index contributed by atoms with van der Waals surface area (Å²) >= 11 is 0. The number of aliphatic hydroxyl groups excluding tert-OH is 1. The molecule has 1 heterocycles. The van der Waals surface area contributed by atoms with Gasteiger partial charge >= 0.3 is 0 Å². The highest BCUT2D eigenvalue weighted by Crippen LogP contribution is 2.16. The van der Waals surface area contributed by atoms with E-state index < -0.39 is 0 Å². The zero-order valence-corrected chi connectivity index (χ0v) is 10.7. The molecule has 0 aliphatic heterocycles. The van der Waals surface area contributed by atoms with E-state index in [1.807, 2.05) is 37.3 Å². The third-order valence-electron chi connectivity index (χ3n) is 2.94. The Bertz CT molecular complexity index is 600. The topological polar surface area (TPSA) is 68.9 Å². The molecule has 0 aliphatic rings. The molecule has 0 fully saturated rings. The van der Waals surface area contributed by atoms with Gasteiger partial charge in [-0.2, -0.15) is 5.26 Å². The molecule has 0 spiro atoms. The van der Waals surface area contributed by atoms with E-state index in [-0.39, 0.29) is 6.61 Å². The number of nitriles is 1. The molecule has 0 saturated heterocycles. The summed E-state index contributed by atoms with van der Waals surface area (Å²) in [5.74, 6) is 0.605. The van der Waals surface area contributed by atoms with E-state index in [1.165, 1.54) is 0 Å². The van der Waals surface area contributed by atoms with E-state index in [1.54, 1.807) is 6.20 Å². The number of benzene rings is 1. The molecule has 0 saturated carbocycles. The predicted molar refractivity (Wildman–Crippen MR) is 73.4 cm³/mol. The first kappa shape index (κ1) is 13.1. The van der Waals surface area contributed by atoms with E-state index in [2.05, 4.69) is 16.4 Å². The summed E-state index contributed by atoms with van der Waals surface area (Å²) < 4.78 is 0. The van der Waals surface area contributed by atoms with Crippen LogP contribution in [0.25, 0.3) is 0 Å². The molecular weight excluding hydrogens is 238 g/mol. The van der Waals surface area contributed by atoms with Crippen molar-refractivity contribution >= 4 is 5.82 Å². The first-order valence-electron chi connectivity index (χ1n) is 6.03. The van der Waals surface area contributed by atoms with Gasteiger partial charge in [0.2, 0.25) is 0 Å². The summed E-state index contributed by atoms with van der Waals surface area (Å²) in [5.41, 5.74) is 3.45. The van der Waals surface area contributed by atoms with Crippen molar-refractivity contribution in [3.63, 3.8) is 0 Å². The summed E-state index contributed by atoms with van der Waals surface area (Å²) in [6.45, 7) is 2.53. The minimum atomic E-state index is 0.0473. The van der Waals surface area contributed by atoms with Crippen molar-refractivity contribution in [1.29, 1.82) is 5.26 Å². The van der Waals surface area contributed by atoms with E-state index >= 15 is 0 Å². The smallest absolute Gasteiger partial charge is 0.144 e. The van der Waals surface area contributed by atoms with Crippen LogP contribution in [0.1, 0.15) is 22.3 Å². The molecule has 2 aromatic rings. The first-order valence-corrected chi connectivity index (χ1v) is 6.03. The summed E-state index contributed by atoms with van der Waals surface area (Å²) in [5, 5.41) is 21.2. The van der Waals surface area contributed by atoms with Gasteiger partial charge in [0, 0.05) is 12.7 Å². The Balaban J connectivity index is 2.10. The van der Waals surface area contributed by atoms with E-state index in [9.17, 15) is 0 Å². The van der Waals surface area contributed by atoms with Gasteiger partial charge in [-0.15, -0.1) is 0 Å². The number of hydrogen-bond donors (Lipinski definition) is 2. The molecule has 0 aliphatic carbocycles. The van der Waals surface area contributed by atoms with Crippen LogP contribution >= 0.6 is 0 Å². The second kappa shape index (κ2) is 5.98. The Labute approximate surface area is 112 Å². The molecule has 0 atom stereocenters. The van der Waals surface area contributed by atoms with Crippen LogP contribution in [0.3, 0.4) is 0 Å². The van der Waals surface area contributed by atoms with Crippen molar-refractivity contribution < 1.29 is 5.11 Å². The highest BCUT2D eigenvalue weighted by molar-refractivity contribution is 5.55. The number of rotatable bonds is 4. The monoisotopic (exact) mass is 253 g/mol. The van der Waals surface area contributed by atoms with Gasteiger partial charge in [0.15, 0.2) is 0 Å². The highest BCUT2D eigenvalue weighted by Gasteiger charge is 2.05. The number of nitrogens with one attached hydrogen (secondary N) is 1. The number of aryl methyl sites for hydroxylation is 1. The zero-order chi connectivity index (χ0) is 13.7. The van der Waals surface area contributed by atoms with Gasteiger partial charge in [-0.25, -0.2) is 4.98 Å². The van der Waals surface area contributed by atoms with Crippen LogP contribution in [-0.4, -0.2) is 10.1 Å². The van der Waals surface area contributed by atoms with Gasteiger partial charge in [0.05, 0.1) is 12.2 Å². The van der Waals surface area contributed by atoms with Crippen LogP contribution in [-0.2, 0) is 13.2 Å². The van der Waals surface area contributed by atoms with Crippen molar-refractivity contribution in [2.24, 2.45) is 0 Å². The van der Waals surface area contributed by atoms with Crippen molar-refractivity contribution in [3.05, 3.63) is 58.8 Å². The molecule has 2 N–H and O–H groups in total. The van der Waals surface area contributed by atoms with E-state index in [0.717, 1.165) is 16.7 Å². The van der Waals surface area contributed by atoms with Gasteiger partial charge in [-0.1, -0.05) is 24.3 Å². The molecule has 1 aromatic carbocycles. The fourth-order valence-electron chi connectivity index (χ4n) is 1.78. The number of hydrogen-bond acceptors (Lipinski definition) is 4. The SMILES string of the molecule is Cc1ccnc(NCc2ccc(CO)cc2)c1C#N. The Kier molecular flexibility index (Phi) is 4.11. The van der Waals surface area contributed by atoms with Gasteiger partial charge in [-0.3, -0.25) is 0 Å². The van der Waals surface area contributed by atoms with Crippen LogP contribution in [0, 0.1) is 18.3 Å². The van der Waals surface area contributed by atoms with Gasteiger partial charge in [0.1, 0.15) is 11.9 Å². The quantitative estimate of drug-likeness (QED) is 0.877. The third-order valence-corrected chi connectivity index (χ3v) is 2.94. The Hall–Kier alpha value is -2.38. The largest absolute Gasteiger partial charge is 0.392 e. The standard InChI is InChI=1S/C15H15N3O/c1-11-6-7-17-15(14(11)8-16)18-9-12-2-4-13(10-19)5-3-12/h2-7,19H,9-10H2,1H3,(H,17,18). The lowest BCUT2D eigenvalue weighted by atomic mass is 10.1. The predicted octanol–water partition coefficient (Wildman–Crippen LogP) is 2.37. The maximum Gasteiger partial charge on any atom is 0.144 e. The Morgan fingerprint density at radius 1 is 1.21 bits per heavy atom. The molecule has 1 aromatic heterocycles. The second-order valence-corrected chi connectivity index (χ2v) is 4.29. The fraction of sp³-hybridized carbons (Fsp3) is 0.200. The molecule has 0 amide bonds. The van der Waals surface area contributed by atoms with E-state index in [4.69, 9.17) is 10.4 Å². The van der Waals surface area contributed by atoms with Gasteiger partial charge < -0.3 is 10.4 Å². The average Bonchev–Trinajstić information content (AvgIpc) is 2.45. The molecule has 0 radical (unpaired) electrons. The maximum atomic E-state index is 9.11. The minimum Gasteiger partial charge on any atom is -0.392 e. The van der Waals surface area contributed by atoms with Gasteiger partial charge in [-0.05, 0) is 29.7 Å². The Morgan fingerprint density at radius 3 is 2.53 bits per heavy atom. The summed E-state index contributed by atoms with van der Waals surface area (Å²) in [7, 11) is 0. The number of nitrogens with zero attached hydrogens (tertiary/aromatic N) is 2. The van der Waals surface area contributed by atoms with Gasteiger partial charge in [0.25, 0.3) is 0 Å². The summed E-state index contributed by atoms with van der Waals surface area (Å²) in [6, 6.07) is 11.6. The van der Waals surface area contributed by atoms with E-state index in [0.29, 0.717) is 17.9 Å². The highest BCUT2D eigenvalue weighted by atomic mass is 16.3. The average molecular weight is 253 g/mol. The molecule has 2 rings (SSSR count). The van der Waals surface area contributed by atoms with Crippen molar-refractivity contribution in [2.75, 3.05) is 5.32 Å². The summed E-state index contributed by atoms with van der Waals surface area (Å²) in [4.78, 5) is 4.19. The fourth-order valence-corrected chi connectivity index (χ4v) is 1.78. The van der Waals surface area contributed by atoms with Crippen LogP contribution in [0.15, 0.2) is 36.5 Å². The molecule has 96 valence electrons. The number of aromatic nitrogens is 1. The lowest BCUT2D eigenvalue weighted by Crippen LogP contribution is -2.04. The molecule has 0 unspecified atom stereocenters. The van der Waals surface area contributed by atoms with Crippen LogP contribution in [0.4, 0.5) is 5.82 Å². The minimum absolute atomic E-state index is 0.0473. The van der Waals surface area contributed by atoms with Crippen LogP contribution < -0.4 is 5.32 Å². The number of anilines is 1. The third kappa shape index (κ3) is 3.09. The molecule has 4 heteroatoms. The molecular formula is C15H15N3O. The molecule has 4 nitrogen and oxygen atoms in total. The number of pyridine rings is 1. The zero-order valence-electron chi connectivity index (χ0n) is 10.7. The Morgan fingerprint density at radius 2 is 1.89 bits per heavy atom. The lowest BCUT2D eigenvalue weighted by molar-refractivity contribution is 0.282. The number of aliphatic hydroxyl groups is 1. The first-order chi connectivity index (χ1) is 9.24. The summed E-state index contributed by atoms with van der Waals surface area (Å²) in [6.07, 6.45) is 1.69.